The van der Waals surface area contributed by atoms with Crippen molar-refractivity contribution < 1.29 is 9.18 Å². The quantitative estimate of drug-likeness (QED) is 0.860. The van der Waals surface area contributed by atoms with Crippen LogP contribution in [0, 0.1) is 11.7 Å². The second kappa shape index (κ2) is 6.11. The van der Waals surface area contributed by atoms with Gasteiger partial charge in [0.2, 0.25) is 5.91 Å². The number of hydrogen-bond donors (Lipinski definition) is 2. The molecule has 2 fully saturated rings. The zero-order valence-corrected chi connectivity index (χ0v) is 13.0. The third-order valence-electron chi connectivity index (χ3n) is 4.43. The summed E-state index contributed by atoms with van der Waals surface area (Å²) in [6, 6.07) is 2.50. The van der Waals surface area contributed by atoms with Crippen molar-refractivity contribution in [2.24, 2.45) is 5.92 Å². The average molecular weight is 331 g/mol. The lowest BCUT2D eigenvalue weighted by Crippen LogP contribution is -2.40. The Balaban J connectivity index is 1.70. The van der Waals surface area contributed by atoms with E-state index in [1.165, 1.54) is 19.3 Å². The maximum atomic E-state index is 13.2. The zero-order chi connectivity index (χ0) is 15.0. The first kappa shape index (κ1) is 15.1. The number of benzene rings is 1. The molecule has 6 heteroatoms. The third kappa shape index (κ3) is 3.17. The van der Waals surface area contributed by atoms with E-state index in [1.54, 1.807) is 0 Å². The van der Waals surface area contributed by atoms with E-state index >= 15 is 0 Å². The van der Waals surface area contributed by atoms with Crippen LogP contribution in [0.1, 0.15) is 32.1 Å². The normalized spacial score (nSPS) is 28.2. The molecular weight excluding hydrogens is 314 g/mol. The van der Waals surface area contributed by atoms with Crippen molar-refractivity contribution in [3.8, 4) is 0 Å². The molecule has 1 aromatic carbocycles. The lowest BCUT2D eigenvalue weighted by atomic mass is 9.85. The van der Waals surface area contributed by atoms with Gasteiger partial charge >= 0.3 is 0 Å². The Morgan fingerprint density at radius 3 is 2.57 bits per heavy atom. The minimum atomic E-state index is -0.520. The van der Waals surface area contributed by atoms with Gasteiger partial charge in [-0.15, -0.1) is 0 Å². The summed E-state index contributed by atoms with van der Waals surface area (Å²) in [7, 11) is 0. The second-order valence-corrected chi connectivity index (χ2v) is 6.65. The molecule has 3 nitrogen and oxygen atoms in total. The van der Waals surface area contributed by atoms with Crippen molar-refractivity contribution in [1.82, 2.24) is 5.32 Å². The molecule has 1 aliphatic heterocycles. The number of amides is 1. The molecule has 114 valence electrons. The van der Waals surface area contributed by atoms with E-state index in [1.807, 2.05) is 0 Å². The van der Waals surface area contributed by atoms with Gasteiger partial charge in [-0.25, -0.2) is 4.39 Å². The predicted molar refractivity (Wildman–Crippen MR) is 82.3 cm³/mol. The smallest absolute Gasteiger partial charge is 0.241 e. The first-order valence-corrected chi connectivity index (χ1v) is 8.01. The van der Waals surface area contributed by atoms with E-state index in [2.05, 4.69) is 10.6 Å². The van der Waals surface area contributed by atoms with Crippen LogP contribution in [0.25, 0.3) is 0 Å². The molecule has 1 aromatic rings. The zero-order valence-electron chi connectivity index (χ0n) is 11.5. The van der Waals surface area contributed by atoms with E-state index < -0.39 is 5.82 Å². The van der Waals surface area contributed by atoms with Gasteiger partial charge in [-0.05, 0) is 37.3 Å². The van der Waals surface area contributed by atoms with E-state index in [9.17, 15) is 9.18 Å². The highest BCUT2D eigenvalue weighted by Crippen LogP contribution is 2.35. The Morgan fingerprint density at radius 2 is 1.90 bits per heavy atom. The molecule has 1 saturated carbocycles. The number of nitrogens with one attached hydrogen (secondary N) is 2. The summed E-state index contributed by atoms with van der Waals surface area (Å²) in [6.45, 7) is 0. The third-order valence-corrected chi connectivity index (χ3v) is 5.03. The van der Waals surface area contributed by atoms with Crippen molar-refractivity contribution in [2.75, 3.05) is 5.32 Å². The standard InChI is InChI=1S/C15H17Cl2FN2O/c16-10-6-9(18)7-11(17)14(10)20-15(21)13-5-8-3-1-2-4-12(8)19-13/h6-8,12-13,19H,1-5H2,(H,20,21). The van der Waals surface area contributed by atoms with Gasteiger partial charge in [0.05, 0.1) is 21.8 Å². The number of rotatable bonds is 2. The fourth-order valence-electron chi connectivity index (χ4n) is 3.39. The van der Waals surface area contributed by atoms with E-state index in [-0.39, 0.29) is 27.7 Å². The summed E-state index contributed by atoms with van der Waals surface area (Å²) in [5.41, 5.74) is 0.279. The van der Waals surface area contributed by atoms with Crippen molar-refractivity contribution in [3.05, 3.63) is 28.0 Å². The van der Waals surface area contributed by atoms with Crippen LogP contribution in [0.15, 0.2) is 12.1 Å². The van der Waals surface area contributed by atoms with Gasteiger partial charge in [0.15, 0.2) is 0 Å². The molecule has 1 aliphatic carbocycles. The van der Waals surface area contributed by atoms with Crippen molar-refractivity contribution >= 4 is 34.8 Å². The van der Waals surface area contributed by atoms with Crippen LogP contribution in [0.4, 0.5) is 10.1 Å². The van der Waals surface area contributed by atoms with Gasteiger partial charge in [-0.3, -0.25) is 4.79 Å². The van der Waals surface area contributed by atoms with Crippen LogP contribution in [0.5, 0.6) is 0 Å². The Kier molecular flexibility index (Phi) is 4.38. The highest BCUT2D eigenvalue weighted by atomic mass is 35.5. The Morgan fingerprint density at radius 1 is 1.24 bits per heavy atom. The van der Waals surface area contributed by atoms with Gasteiger partial charge in [-0.1, -0.05) is 36.0 Å². The van der Waals surface area contributed by atoms with E-state index in [0.29, 0.717) is 12.0 Å². The molecule has 0 radical (unpaired) electrons. The van der Waals surface area contributed by atoms with Gasteiger partial charge in [0.25, 0.3) is 0 Å². The van der Waals surface area contributed by atoms with Crippen LogP contribution in [-0.4, -0.2) is 18.0 Å². The Hall–Kier alpha value is -0.840. The molecule has 1 amide bonds. The largest absolute Gasteiger partial charge is 0.322 e. The van der Waals surface area contributed by atoms with Crippen molar-refractivity contribution in [2.45, 2.75) is 44.2 Å². The Labute approximate surface area is 133 Å². The summed E-state index contributed by atoms with van der Waals surface area (Å²) in [6.07, 6.45) is 5.61. The number of halogens is 3. The lowest BCUT2D eigenvalue weighted by molar-refractivity contribution is -0.117. The average Bonchev–Trinajstić information content (AvgIpc) is 2.86. The summed E-state index contributed by atoms with van der Waals surface area (Å²) in [4.78, 5) is 12.4. The predicted octanol–water partition coefficient (Wildman–Crippen LogP) is 3.99. The fraction of sp³-hybridized carbons (Fsp3) is 0.533. The molecule has 0 bridgehead atoms. The molecule has 21 heavy (non-hydrogen) atoms. The van der Waals surface area contributed by atoms with Gasteiger partial charge < -0.3 is 10.6 Å². The molecule has 3 atom stereocenters. The molecule has 1 saturated heterocycles. The first-order valence-electron chi connectivity index (χ1n) is 7.26. The topological polar surface area (TPSA) is 41.1 Å². The Bertz CT molecular complexity index is 530. The molecular formula is C15H17Cl2FN2O. The van der Waals surface area contributed by atoms with Gasteiger partial charge in [-0.2, -0.15) is 0 Å². The fourth-order valence-corrected chi connectivity index (χ4v) is 3.95. The number of fused-ring (bicyclic) bond motifs is 1. The molecule has 2 N–H and O–H groups in total. The molecule has 3 rings (SSSR count). The highest BCUT2D eigenvalue weighted by molar-refractivity contribution is 6.39. The monoisotopic (exact) mass is 330 g/mol. The van der Waals surface area contributed by atoms with E-state index in [0.717, 1.165) is 25.0 Å². The number of carbonyl (C=O) groups is 1. The molecule has 0 spiro atoms. The van der Waals surface area contributed by atoms with Crippen molar-refractivity contribution in [1.29, 1.82) is 0 Å². The van der Waals surface area contributed by atoms with Crippen molar-refractivity contribution in [3.63, 3.8) is 0 Å². The maximum Gasteiger partial charge on any atom is 0.241 e. The molecule has 1 heterocycles. The SMILES string of the molecule is O=C(Nc1c(Cl)cc(F)cc1Cl)C1CC2CCCCC2N1. The summed E-state index contributed by atoms with van der Waals surface area (Å²) in [5, 5.41) is 6.35. The van der Waals surface area contributed by atoms with Crippen LogP contribution in [0.3, 0.4) is 0 Å². The van der Waals surface area contributed by atoms with Gasteiger partial charge in [0, 0.05) is 6.04 Å². The number of carbonyl (C=O) groups excluding carboxylic acids is 1. The van der Waals surface area contributed by atoms with E-state index in [4.69, 9.17) is 23.2 Å². The van der Waals surface area contributed by atoms with Crippen LogP contribution < -0.4 is 10.6 Å². The maximum absolute atomic E-state index is 13.2. The van der Waals surface area contributed by atoms with Gasteiger partial charge in [0.1, 0.15) is 5.82 Å². The van der Waals surface area contributed by atoms with Crippen LogP contribution >= 0.6 is 23.2 Å². The molecule has 3 unspecified atom stereocenters. The minimum absolute atomic E-state index is 0.115. The molecule has 0 aromatic heterocycles. The summed E-state index contributed by atoms with van der Waals surface area (Å²) < 4.78 is 13.2. The lowest BCUT2D eigenvalue weighted by Gasteiger charge is -2.24. The second-order valence-electron chi connectivity index (χ2n) is 5.84. The van der Waals surface area contributed by atoms with Crippen LogP contribution in [-0.2, 0) is 4.79 Å². The highest BCUT2D eigenvalue weighted by Gasteiger charge is 2.38. The minimum Gasteiger partial charge on any atom is -0.322 e. The first-order chi connectivity index (χ1) is 10.0. The summed E-state index contributed by atoms with van der Waals surface area (Å²) >= 11 is 11.9. The number of hydrogen-bond acceptors (Lipinski definition) is 2. The molecule has 2 aliphatic rings. The number of anilines is 1. The summed E-state index contributed by atoms with van der Waals surface area (Å²) in [5.74, 6) is -0.0959. The van der Waals surface area contributed by atoms with Crippen LogP contribution in [0.2, 0.25) is 10.0 Å².